The van der Waals surface area contributed by atoms with Gasteiger partial charge in [-0.05, 0) is 43.9 Å². The van der Waals surface area contributed by atoms with E-state index in [4.69, 9.17) is 9.47 Å². The van der Waals surface area contributed by atoms with Crippen LogP contribution in [0.15, 0.2) is 30.5 Å². The molecule has 2 aromatic rings. The third kappa shape index (κ3) is 2.88. The Bertz CT molecular complexity index is 801. The smallest absolute Gasteiger partial charge is 0.233 e. The summed E-state index contributed by atoms with van der Waals surface area (Å²) in [6.45, 7) is 4.17. The molecule has 1 fully saturated rings. The molecule has 2 aliphatic rings. The van der Waals surface area contributed by atoms with Crippen LogP contribution in [0, 0.1) is 5.92 Å². The van der Waals surface area contributed by atoms with Crippen molar-refractivity contribution in [1.82, 2.24) is 9.78 Å². The normalized spacial score (nSPS) is 22.3. The number of carbonyl (C=O) groups excluding carboxylic acids is 1. The van der Waals surface area contributed by atoms with Crippen molar-refractivity contribution in [3.8, 4) is 5.75 Å². The fourth-order valence-electron chi connectivity index (χ4n) is 4.09. The summed E-state index contributed by atoms with van der Waals surface area (Å²) in [6, 6.07) is 7.98. The van der Waals surface area contributed by atoms with Crippen molar-refractivity contribution in [3.63, 3.8) is 0 Å². The maximum Gasteiger partial charge on any atom is 0.233 e. The first-order valence-corrected chi connectivity index (χ1v) is 9.34. The summed E-state index contributed by atoms with van der Waals surface area (Å²) >= 11 is 0. The molecule has 1 saturated heterocycles. The van der Waals surface area contributed by atoms with E-state index in [-0.39, 0.29) is 17.9 Å². The molecule has 0 unspecified atom stereocenters. The fourth-order valence-corrected chi connectivity index (χ4v) is 4.09. The van der Waals surface area contributed by atoms with Crippen molar-refractivity contribution in [1.29, 1.82) is 0 Å². The third-order valence-electron chi connectivity index (χ3n) is 5.43. The third-order valence-corrected chi connectivity index (χ3v) is 5.43. The van der Waals surface area contributed by atoms with Gasteiger partial charge in [0.05, 0.1) is 24.4 Å². The molecule has 4 rings (SSSR count). The van der Waals surface area contributed by atoms with Crippen molar-refractivity contribution >= 4 is 11.6 Å². The molecule has 1 aromatic carbocycles. The van der Waals surface area contributed by atoms with Gasteiger partial charge < -0.3 is 14.4 Å². The lowest BCUT2D eigenvalue weighted by molar-refractivity contribution is -0.124. The van der Waals surface area contributed by atoms with Crippen LogP contribution in [0.25, 0.3) is 0 Å². The molecule has 0 bridgehead atoms. The molecule has 2 aliphatic heterocycles. The minimum absolute atomic E-state index is 0.144. The number of rotatable bonds is 4. The van der Waals surface area contributed by atoms with E-state index in [0.29, 0.717) is 6.61 Å². The molecule has 3 heterocycles. The highest BCUT2D eigenvalue weighted by Crippen LogP contribution is 2.39. The highest BCUT2D eigenvalue weighted by atomic mass is 16.5. The molecule has 1 aromatic heterocycles. The van der Waals surface area contributed by atoms with Crippen molar-refractivity contribution < 1.29 is 14.3 Å². The van der Waals surface area contributed by atoms with Crippen LogP contribution in [-0.2, 0) is 22.5 Å². The summed E-state index contributed by atoms with van der Waals surface area (Å²) in [5.74, 6) is 0.756. The van der Waals surface area contributed by atoms with E-state index in [9.17, 15) is 4.79 Å². The van der Waals surface area contributed by atoms with Crippen LogP contribution >= 0.6 is 0 Å². The zero-order chi connectivity index (χ0) is 18.1. The number of nitrogens with zero attached hydrogens (tertiary/aromatic N) is 3. The molecule has 1 amide bonds. The molecule has 6 heteroatoms. The van der Waals surface area contributed by atoms with Gasteiger partial charge in [0.15, 0.2) is 0 Å². The number of fused-ring (bicyclic) bond motifs is 1. The lowest BCUT2D eigenvalue weighted by Crippen LogP contribution is -2.40. The zero-order valence-corrected chi connectivity index (χ0v) is 15.4. The molecule has 6 nitrogen and oxygen atoms in total. The Morgan fingerprint density at radius 1 is 1.38 bits per heavy atom. The monoisotopic (exact) mass is 355 g/mol. The van der Waals surface area contributed by atoms with E-state index in [1.807, 2.05) is 27.8 Å². The average Bonchev–Trinajstić information content (AvgIpc) is 3.34. The van der Waals surface area contributed by atoms with E-state index < -0.39 is 0 Å². The lowest BCUT2D eigenvalue weighted by atomic mass is 9.94. The number of benzene rings is 1. The second-order valence-electron chi connectivity index (χ2n) is 6.85. The molecule has 0 N–H and O–H groups in total. The van der Waals surface area contributed by atoms with Gasteiger partial charge in [-0.3, -0.25) is 9.48 Å². The van der Waals surface area contributed by atoms with Gasteiger partial charge in [-0.2, -0.15) is 5.10 Å². The van der Waals surface area contributed by atoms with Crippen LogP contribution in [0.3, 0.4) is 0 Å². The molecule has 0 saturated carbocycles. The zero-order valence-electron chi connectivity index (χ0n) is 15.4. The van der Waals surface area contributed by atoms with Crippen LogP contribution in [-0.4, -0.2) is 35.9 Å². The van der Waals surface area contributed by atoms with Gasteiger partial charge in [-0.15, -0.1) is 0 Å². The number of aryl methyl sites for hydroxylation is 2. The quantitative estimate of drug-likeness (QED) is 0.846. The number of amides is 1. The van der Waals surface area contributed by atoms with E-state index >= 15 is 0 Å². The number of anilines is 1. The number of carbonyl (C=O) groups is 1. The van der Waals surface area contributed by atoms with Crippen molar-refractivity contribution in [2.75, 3.05) is 25.2 Å². The van der Waals surface area contributed by atoms with Crippen molar-refractivity contribution in [2.24, 2.45) is 5.92 Å². The molecule has 2 atom stereocenters. The van der Waals surface area contributed by atoms with Crippen LogP contribution in [0.5, 0.6) is 5.75 Å². The molecule has 0 aliphatic carbocycles. The van der Waals surface area contributed by atoms with E-state index in [2.05, 4.69) is 18.1 Å². The van der Waals surface area contributed by atoms with Crippen LogP contribution in [0.2, 0.25) is 0 Å². The summed E-state index contributed by atoms with van der Waals surface area (Å²) in [5, 5.41) is 4.34. The number of hydrogen-bond acceptors (Lipinski definition) is 4. The molecule has 138 valence electrons. The molecule has 0 radical (unpaired) electrons. The fraction of sp³-hybridized carbons (Fsp3) is 0.500. The number of ether oxygens (including phenoxy) is 2. The van der Waals surface area contributed by atoms with Gasteiger partial charge in [0, 0.05) is 32.0 Å². The number of hydrogen-bond donors (Lipinski definition) is 0. The lowest BCUT2D eigenvalue weighted by Gasteiger charge is -2.33. The first-order valence-electron chi connectivity index (χ1n) is 9.34. The van der Waals surface area contributed by atoms with E-state index in [1.165, 1.54) is 5.56 Å². The Hall–Kier alpha value is -2.34. The van der Waals surface area contributed by atoms with Gasteiger partial charge in [0.2, 0.25) is 5.91 Å². The minimum Gasteiger partial charge on any atom is -0.497 e. The van der Waals surface area contributed by atoms with Crippen molar-refractivity contribution in [2.45, 2.75) is 38.8 Å². The number of aromatic nitrogens is 2. The van der Waals surface area contributed by atoms with Gasteiger partial charge >= 0.3 is 0 Å². The Kier molecular flexibility index (Phi) is 4.68. The Balaban J connectivity index is 1.64. The number of methoxy groups -OCH3 is 1. The Morgan fingerprint density at radius 3 is 3.08 bits per heavy atom. The Morgan fingerprint density at radius 2 is 2.27 bits per heavy atom. The average molecular weight is 355 g/mol. The van der Waals surface area contributed by atoms with Crippen LogP contribution < -0.4 is 9.64 Å². The molecule has 26 heavy (non-hydrogen) atoms. The highest BCUT2D eigenvalue weighted by molar-refractivity contribution is 5.97. The van der Waals surface area contributed by atoms with Crippen molar-refractivity contribution in [3.05, 3.63) is 41.7 Å². The van der Waals surface area contributed by atoms with Gasteiger partial charge in [0.25, 0.3) is 0 Å². The summed E-state index contributed by atoms with van der Waals surface area (Å²) in [5.41, 5.74) is 3.18. The van der Waals surface area contributed by atoms with Gasteiger partial charge in [-0.25, -0.2) is 0 Å². The summed E-state index contributed by atoms with van der Waals surface area (Å²) in [7, 11) is 1.66. The second kappa shape index (κ2) is 7.11. The minimum atomic E-state index is -0.221. The SMILES string of the molecule is CCn1nccc1[C@@H]1OCC[C@H]1C(=O)N1CCCc2ccc(OC)cc21. The van der Waals surface area contributed by atoms with Gasteiger partial charge in [-0.1, -0.05) is 6.07 Å². The summed E-state index contributed by atoms with van der Waals surface area (Å²) in [4.78, 5) is 15.4. The summed E-state index contributed by atoms with van der Waals surface area (Å²) < 4.78 is 13.3. The molecular formula is C20H25N3O3. The van der Waals surface area contributed by atoms with Crippen LogP contribution in [0.4, 0.5) is 5.69 Å². The second-order valence-corrected chi connectivity index (χ2v) is 6.85. The highest BCUT2D eigenvalue weighted by Gasteiger charge is 2.40. The van der Waals surface area contributed by atoms with Crippen LogP contribution in [0.1, 0.15) is 37.1 Å². The maximum atomic E-state index is 13.4. The standard InChI is InChI=1S/C20H25N3O3/c1-3-23-17(8-10-21-23)19-16(9-12-26-19)20(24)22-11-4-5-14-6-7-15(25-2)13-18(14)22/h6-8,10,13,16,19H,3-5,9,11-12H2,1-2H3/t16-,19-/m1/s1. The molecular weight excluding hydrogens is 330 g/mol. The predicted molar refractivity (Wildman–Crippen MR) is 98.4 cm³/mol. The Labute approximate surface area is 153 Å². The van der Waals surface area contributed by atoms with Gasteiger partial charge in [0.1, 0.15) is 11.9 Å². The molecule has 0 spiro atoms. The first-order chi connectivity index (χ1) is 12.7. The van der Waals surface area contributed by atoms with E-state index in [0.717, 1.165) is 49.5 Å². The summed E-state index contributed by atoms with van der Waals surface area (Å²) in [6.07, 6.45) is 4.28. The largest absolute Gasteiger partial charge is 0.497 e. The maximum absolute atomic E-state index is 13.4. The van der Waals surface area contributed by atoms with E-state index in [1.54, 1.807) is 13.3 Å². The topological polar surface area (TPSA) is 56.6 Å². The first kappa shape index (κ1) is 17.1. The predicted octanol–water partition coefficient (Wildman–Crippen LogP) is 2.97.